The first-order valence-electron chi connectivity index (χ1n) is 8.12. The van der Waals surface area contributed by atoms with E-state index in [1.54, 1.807) is 12.3 Å². The number of carbonyl (C=O) groups is 1. The molecule has 0 aliphatic heterocycles. The molecule has 0 saturated carbocycles. The summed E-state index contributed by atoms with van der Waals surface area (Å²) in [5, 5.41) is 20.6. The number of benzene rings is 2. The van der Waals surface area contributed by atoms with E-state index >= 15 is 0 Å². The number of amides is 1. The standard InChI is InChI=1S/C20H15N5O/c1-11-3-4-17-13(5-11)7-15(10-22-17)20(26)23-19-16-6-12(2)14(9-21)8-18(16)24-25-19/h3-8,10H,1-2H3,(H2,23,24,25,26). The van der Waals surface area contributed by atoms with Crippen LogP contribution in [-0.4, -0.2) is 21.1 Å². The molecule has 1 amide bonds. The van der Waals surface area contributed by atoms with E-state index in [0.29, 0.717) is 22.5 Å². The quantitative estimate of drug-likeness (QED) is 0.579. The molecule has 2 aromatic carbocycles. The fraction of sp³-hybridized carbons (Fsp3) is 0.100. The number of pyridine rings is 1. The lowest BCUT2D eigenvalue weighted by atomic mass is 10.1. The molecular formula is C20H15N5O. The van der Waals surface area contributed by atoms with Crippen molar-refractivity contribution in [2.75, 3.05) is 5.32 Å². The van der Waals surface area contributed by atoms with Crippen molar-refractivity contribution in [3.8, 4) is 6.07 Å². The minimum atomic E-state index is -0.281. The van der Waals surface area contributed by atoms with Crippen LogP contribution < -0.4 is 5.32 Å². The van der Waals surface area contributed by atoms with Gasteiger partial charge in [0.2, 0.25) is 0 Å². The Kier molecular flexibility index (Phi) is 3.63. The zero-order valence-electron chi connectivity index (χ0n) is 14.3. The Hall–Kier alpha value is -3.72. The molecule has 0 fully saturated rings. The number of rotatable bonds is 2. The van der Waals surface area contributed by atoms with E-state index < -0.39 is 0 Å². The molecule has 6 nitrogen and oxygen atoms in total. The molecule has 2 N–H and O–H groups in total. The third-order valence-electron chi connectivity index (χ3n) is 4.36. The first-order chi connectivity index (χ1) is 12.5. The summed E-state index contributed by atoms with van der Waals surface area (Å²) < 4.78 is 0. The van der Waals surface area contributed by atoms with Crippen molar-refractivity contribution in [3.05, 3.63) is 64.8 Å². The average Bonchev–Trinajstić information content (AvgIpc) is 3.01. The smallest absolute Gasteiger partial charge is 0.258 e. The van der Waals surface area contributed by atoms with Crippen molar-refractivity contribution in [2.45, 2.75) is 13.8 Å². The second-order valence-electron chi connectivity index (χ2n) is 6.27. The van der Waals surface area contributed by atoms with Crippen molar-refractivity contribution in [3.63, 3.8) is 0 Å². The number of nitriles is 1. The van der Waals surface area contributed by atoms with Gasteiger partial charge in [0.1, 0.15) is 0 Å². The molecule has 0 unspecified atom stereocenters. The summed E-state index contributed by atoms with van der Waals surface area (Å²) in [7, 11) is 0. The molecule has 0 spiro atoms. The van der Waals surface area contributed by atoms with Gasteiger partial charge >= 0.3 is 0 Å². The molecule has 0 bridgehead atoms. The number of hydrogen-bond acceptors (Lipinski definition) is 4. The number of aromatic nitrogens is 3. The summed E-state index contributed by atoms with van der Waals surface area (Å²) >= 11 is 0. The molecule has 0 saturated heterocycles. The number of nitrogens with zero attached hydrogens (tertiary/aromatic N) is 3. The highest BCUT2D eigenvalue weighted by molar-refractivity contribution is 6.09. The predicted octanol–water partition coefficient (Wildman–Crippen LogP) is 3.85. The Bertz CT molecular complexity index is 1220. The molecule has 2 heterocycles. The minimum absolute atomic E-state index is 0.281. The summed E-state index contributed by atoms with van der Waals surface area (Å²) in [6, 6.07) is 13.4. The second-order valence-corrected chi connectivity index (χ2v) is 6.27. The van der Waals surface area contributed by atoms with Crippen LogP contribution in [0.25, 0.3) is 21.8 Å². The second kappa shape index (κ2) is 5.97. The number of carbonyl (C=O) groups excluding carboxylic acids is 1. The maximum absolute atomic E-state index is 12.6. The van der Waals surface area contributed by atoms with Gasteiger partial charge in [-0.2, -0.15) is 10.4 Å². The molecule has 4 aromatic rings. The van der Waals surface area contributed by atoms with Crippen molar-refractivity contribution < 1.29 is 4.79 Å². The van der Waals surface area contributed by atoms with Gasteiger partial charge in [-0.1, -0.05) is 11.6 Å². The van der Waals surface area contributed by atoms with Crippen molar-refractivity contribution in [1.82, 2.24) is 15.2 Å². The van der Waals surface area contributed by atoms with Crippen LogP contribution in [0.2, 0.25) is 0 Å². The largest absolute Gasteiger partial charge is 0.305 e. The Labute approximate surface area is 149 Å². The molecule has 2 aromatic heterocycles. The van der Waals surface area contributed by atoms with Gasteiger partial charge in [0.05, 0.1) is 28.2 Å². The van der Waals surface area contributed by atoms with Gasteiger partial charge in [-0.05, 0) is 49.7 Å². The molecule has 0 radical (unpaired) electrons. The first kappa shape index (κ1) is 15.8. The third kappa shape index (κ3) is 2.66. The fourth-order valence-corrected chi connectivity index (χ4v) is 2.94. The van der Waals surface area contributed by atoms with E-state index in [1.165, 1.54) is 0 Å². The van der Waals surface area contributed by atoms with Crippen LogP contribution in [0.5, 0.6) is 0 Å². The molecule has 4 rings (SSSR count). The number of nitrogens with one attached hydrogen (secondary N) is 2. The van der Waals surface area contributed by atoms with Gasteiger partial charge in [-0.3, -0.25) is 14.9 Å². The van der Waals surface area contributed by atoms with Gasteiger partial charge in [0.15, 0.2) is 5.82 Å². The third-order valence-corrected chi connectivity index (χ3v) is 4.36. The van der Waals surface area contributed by atoms with Crippen LogP contribution in [0.1, 0.15) is 27.0 Å². The summed E-state index contributed by atoms with van der Waals surface area (Å²) in [6.07, 6.45) is 1.56. The van der Waals surface area contributed by atoms with E-state index in [2.05, 4.69) is 26.6 Å². The fourth-order valence-electron chi connectivity index (χ4n) is 2.94. The molecule has 126 valence electrons. The van der Waals surface area contributed by atoms with Crippen LogP contribution in [0.4, 0.5) is 5.82 Å². The predicted molar refractivity (Wildman–Crippen MR) is 100.0 cm³/mol. The lowest BCUT2D eigenvalue weighted by Gasteiger charge is -2.05. The number of hydrogen-bond donors (Lipinski definition) is 2. The van der Waals surface area contributed by atoms with E-state index in [9.17, 15) is 4.79 Å². The minimum Gasteiger partial charge on any atom is -0.305 e. The molecule has 0 atom stereocenters. The lowest BCUT2D eigenvalue weighted by molar-refractivity contribution is 0.102. The van der Waals surface area contributed by atoms with E-state index in [1.807, 2.05) is 44.2 Å². The summed E-state index contributed by atoms with van der Waals surface area (Å²) in [5.74, 6) is 0.151. The molecular weight excluding hydrogens is 326 g/mol. The van der Waals surface area contributed by atoms with Gasteiger partial charge in [0.25, 0.3) is 5.91 Å². The molecule has 6 heteroatoms. The number of anilines is 1. The highest BCUT2D eigenvalue weighted by Crippen LogP contribution is 2.24. The SMILES string of the molecule is Cc1ccc2ncc(C(=O)Nc3n[nH]c4cc(C#N)c(C)cc34)cc2c1. The Morgan fingerprint density at radius 3 is 2.85 bits per heavy atom. The zero-order chi connectivity index (χ0) is 18.3. The topological polar surface area (TPSA) is 94.5 Å². The summed E-state index contributed by atoms with van der Waals surface area (Å²) in [4.78, 5) is 17.0. The van der Waals surface area contributed by atoms with E-state index in [-0.39, 0.29) is 5.91 Å². The Morgan fingerprint density at radius 1 is 1.19 bits per heavy atom. The zero-order valence-corrected chi connectivity index (χ0v) is 14.3. The normalized spacial score (nSPS) is 10.8. The number of H-pyrrole nitrogens is 1. The van der Waals surface area contributed by atoms with Gasteiger partial charge in [-0.25, -0.2) is 0 Å². The van der Waals surface area contributed by atoms with Crippen LogP contribution in [0.3, 0.4) is 0 Å². The molecule has 0 aliphatic carbocycles. The van der Waals surface area contributed by atoms with Gasteiger partial charge in [-0.15, -0.1) is 0 Å². The monoisotopic (exact) mass is 341 g/mol. The summed E-state index contributed by atoms with van der Waals surface area (Å²) in [6.45, 7) is 3.85. The average molecular weight is 341 g/mol. The van der Waals surface area contributed by atoms with Crippen molar-refractivity contribution >= 4 is 33.5 Å². The molecule has 0 aliphatic rings. The number of aromatic amines is 1. The van der Waals surface area contributed by atoms with Crippen molar-refractivity contribution in [1.29, 1.82) is 5.26 Å². The highest BCUT2D eigenvalue weighted by atomic mass is 16.1. The van der Waals surface area contributed by atoms with Crippen LogP contribution in [0.15, 0.2) is 42.6 Å². The Morgan fingerprint density at radius 2 is 2.04 bits per heavy atom. The van der Waals surface area contributed by atoms with Crippen LogP contribution >= 0.6 is 0 Å². The number of fused-ring (bicyclic) bond motifs is 2. The molecule has 26 heavy (non-hydrogen) atoms. The lowest BCUT2D eigenvalue weighted by Crippen LogP contribution is -2.12. The van der Waals surface area contributed by atoms with E-state index in [4.69, 9.17) is 5.26 Å². The van der Waals surface area contributed by atoms with Crippen molar-refractivity contribution in [2.24, 2.45) is 0 Å². The maximum Gasteiger partial charge on any atom is 0.258 e. The van der Waals surface area contributed by atoms with E-state index in [0.717, 1.165) is 27.4 Å². The highest BCUT2D eigenvalue weighted by Gasteiger charge is 2.13. The van der Waals surface area contributed by atoms with Gasteiger partial charge in [0, 0.05) is 17.0 Å². The van der Waals surface area contributed by atoms with Crippen LogP contribution in [0, 0.1) is 25.2 Å². The maximum atomic E-state index is 12.6. The number of aryl methyl sites for hydroxylation is 2. The summed E-state index contributed by atoms with van der Waals surface area (Å²) in [5.41, 5.74) is 4.53. The van der Waals surface area contributed by atoms with Crippen LogP contribution in [-0.2, 0) is 0 Å². The first-order valence-corrected chi connectivity index (χ1v) is 8.12. The Balaban J connectivity index is 1.69. The van der Waals surface area contributed by atoms with Gasteiger partial charge < -0.3 is 5.32 Å².